The highest BCUT2D eigenvalue weighted by molar-refractivity contribution is 5.39. The molecule has 18 heavy (non-hydrogen) atoms. The summed E-state index contributed by atoms with van der Waals surface area (Å²) in [7, 11) is 0. The van der Waals surface area contributed by atoms with Crippen LogP contribution in [0.1, 0.15) is 5.56 Å². The maximum Gasteiger partial charge on any atom is 0.277 e. The zero-order valence-corrected chi connectivity index (χ0v) is 9.65. The largest absolute Gasteiger partial charge is 0.427 e. The first kappa shape index (κ1) is 11.8. The Labute approximate surface area is 103 Å². The van der Waals surface area contributed by atoms with Gasteiger partial charge in [0.2, 0.25) is 0 Å². The van der Waals surface area contributed by atoms with Crippen LogP contribution in [0, 0.1) is 17.0 Å². The third-order valence-corrected chi connectivity index (χ3v) is 2.42. The number of hydrogen-bond donors (Lipinski definition) is 1. The Kier molecular flexibility index (Phi) is 3.09. The number of hydrogen-bond acceptors (Lipinski definition) is 4. The van der Waals surface area contributed by atoms with Crippen LogP contribution in [0.15, 0.2) is 47.6 Å². The van der Waals surface area contributed by atoms with E-state index in [2.05, 4.69) is 4.99 Å². The highest BCUT2D eigenvalue weighted by Crippen LogP contribution is 2.14. The summed E-state index contributed by atoms with van der Waals surface area (Å²) >= 11 is 0. The quantitative estimate of drug-likeness (QED) is 0.500. The Morgan fingerprint density at radius 1 is 1.33 bits per heavy atom. The van der Waals surface area contributed by atoms with Crippen molar-refractivity contribution >= 4 is 11.4 Å². The van der Waals surface area contributed by atoms with E-state index in [0.717, 1.165) is 4.73 Å². The number of aromatic nitrogens is 1. The smallest absolute Gasteiger partial charge is 0.277 e. The van der Waals surface area contributed by atoms with Gasteiger partial charge in [0, 0.05) is 5.56 Å². The maximum absolute atomic E-state index is 10.8. The average molecular weight is 245 g/mol. The summed E-state index contributed by atoms with van der Waals surface area (Å²) in [6.07, 6.45) is 1.26. The first-order chi connectivity index (χ1) is 8.58. The summed E-state index contributed by atoms with van der Waals surface area (Å²) in [6.45, 7) is 1.55. The SMILES string of the molecule is Cc1cn(O)c(=Nc2ccccc2)cc1[N+](=O)[O-]. The van der Waals surface area contributed by atoms with Crippen molar-refractivity contribution in [2.75, 3.05) is 0 Å². The van der Waals surface area contributed by atoms with Gasteiger partial charge in [-0.3, -0.25) is 10.1 Å². The number of nitrogens with zero attached hydrogens (tertiary/aromatic N) is 3. The first-order valence-electron chi connectivity index (χ1n) is 5.24. The van der Waals surface area contributed by atoms with Crippen LogP contribution in [0.2, 0.25) is 0 Å². The molecule has 0 radical (unpaired) electrons. The van der Waals surface area contributed by atoms with Gasteiger partial charge in [-0.2, -0.15) is 4.73 Å². The van der Waals surface area contributed by atoms with Crippen molar-refractivity contribution in [2.45, 2.75) is 6.92 Å². The van der Waals surface area contributed by atoms with Crippen LogP contribution in [0.25, 0.3) is 0 Å². The highest BCUT2D eigenvalue weighted by atomic mass is 16.6. The molecule has 0 amide bonds. The van der Waals surface area contributed by atoms with Gasteiger partial charge in [-0.15, -0.1) is 0 Å². The fourth-order valence-corrected chi connectivity index (χ4v) is 1.53. The Balaban J connectivity index is 2.61. The lowest BCUT2D eigenvalue weighted by Gasteiger charge is -2.02. The topological polar surface area (TPSA) is 80.7 Å². The van der Waals surface area contributed by atoms with E-state index in [4.69, 9.17) is 0 Å². The van der Waals surface area contributed by atoms with Gasteiger partial charge in [-0.25, -0.2) is 4.99 Å². The fraction of sp³-hybridized carbons (Fsp3) is 0.0833. The van der Waals surface area contributed by atoms with Crippen molar-refractivity contribution in [3.05, 3.63) is 63.8 Å². The summed E-state index contributed by atoms with van der Waals surface area (Å²) in [5.41, 5.74) is 1.02. The number of para-hydroxylation sites is 1. The number of rotatable bonds is 2. The van der Waals surface area contributed by atoms with Gasteiger partial charge in [0.05, 0.1) is 22.9 Å². The van der Waals surface area contributed by atoms with Gasteiger partial charge in [-0.1, -0.05) is 18.2 Å². The molecule has 0 saturated carbocycles. The lowest BCUT2D eigenvalue weighted by molar-refractivity contribution is -0.385. The van der Waals surface area contributed by atoms with E-state index < -0.39 is 4.92 Å². The van der Waals surface area contributed by atoms with Crippen molar-refractivity contribution in [3.8, 4) is 0 Å². The minimum Gasteiger partial charge on any atom is -0.427 e. The fourth-order valence-electron chi connectivity index (χ4n) is 1.53. The molecule has 2 rings (SSSR count). The summed E-state index contributed by atoms with van der Waals surface area (Å²) in [5, 5.41) is 20.5. The van der Waals surface area contributed by atoms with Crippen LogP contribution in [-0.2, 0) is 0 Å². The van der Waals surface area contributed by atoms with Gasteiger partial charge in [-0.05, 0) is 19.1 Å². The molecule has 0 spiro atoms. The molecule has 1 heterocycles. The van der Waals surface area contributed by atoms with Crippen LogP contribution in [-0.4, -0.2) is 14.9 Å². The molecule has 0 aliphatic heterocycles. The first-order valence-corrected chi connectivity index (χ1v) is 5.24. The van der Waals surface area contributed by atoms with Gasteiger partial charge >= 0.3 is 0 Å². The molecular formula is C12H11N3O3. The second-order valence-electron chi connectivity index (χ2n) is 3.75. The van der Waals surface area contributed by atoms with Crippen molar-refractivity contribution < 1.29 is 10.1 Å². The molecule has 1 aromatic carbocycles. The summed E-state index contributed by atoms with van der Waals surface area (Å²) in [6, 6.07) is 10.1. The van der Waals surface area contributed by atoms with Crippen LogP contribution in [0.5, 0.6) is 0 Å². The van der Waals surface area contributed by atoms with Gasteiger partial charge in [0.15, 0.2) is 5.49 Å². The van der Waals surface area contributed by atoms with E-state index in [1.54, 1.807) is 31.2 Å². The zero-order chi connectivity index (χ0) is 13.1. The number of nitro groups is 1. The average Bonchev–Trinajstić information content (AvgIpc) is 2.33. The van der Waals surface area contributed by atoms with E-state index in [0.29, 0.717) is 11.3 Å². The standard InChI is InChI=1S/C12H11N3O3/c1-9-8-14(16)12(7-11(9)15(17)18)13-10-5-3-2-4-6-10/h2-8,16H,1H3. The highest BCUT2D eigenvalue weighted by Gasteiger charge is 2.11. The molecule has 1 aromatic heterocycles. The third-order valence-electron chi connectivity index (χ3n) is 2.42. The van der Waals surface area contributed by atoms with E-state index >= 15 is 0 Å². The summed E-state index contributed by atoms with van der Waals surface area (Å²) in [4.78, 5) is 14.4. The van der Waals surface area contributed by atoms with Crippen molar-refractivity contribution in [1.29, 1.82) is 0 Å². The minimum absolute atomic E-state index is 0.0741. The molecule has 0 saturated heterocycles. The molecule has 6 nitrogen and oxygen atoms in total. The molecular weight excluding hydrogens is 234 g/mol. The molecule has 92 valence electrons. The molecule has 0 bridgehead atoms. The lowest BCUT2D eigenvalue weighted by Crippen LogP contribution is -2.19. The Morgan fingerprint density at radius 2 is 2.00 bits per heavy atom. The van der Waals surface area contributed by atoms with Crippen molar-refractivity contribution in [3.63, 3.8) is 0 Å². The monoisotopic (exact) mass is 245 g/mol. The van der Waals surface area contributed by atoms with Crippen LogP contribution in [0.4, 0.5) is 11.4 Å². The zero-order valence-electron chi connectivity index (χ0n) is 9.65. The minimum atomic E-state index is -0.501. The molecule has 1 N–H and O–H groups in total. The number of aryl methyl sites for hydroxylation is 1. The van der Waals surface area contributed by atoms with E-state index in [1.807, 2.05) is 6.07 Å². The molecule has 2 aromatic rings. The molecule has 0 aliphatic rings. The Hall–Kier alpha value is -2.63. The van der Waals surface area contributed by atoms with Crippen LogP contribution in [0.3, 0.4) is 0 Å². The van der Waals surface area contributed by atoms with Crippen molar-refractivity contribution in [1.82, 2.24) is 4.73 Å². The third kappa shape index (κ3) is 2.37. The second kappa shape index (κ2) is 4.70. The molecule has 0 aliphatic carbocycles. The Bertz CT molecular complexity index is 647. The van der Waals surface area contributed by atoms with Gasteiger partial charge in [0.1, 0.15) is 0 Å². The molecule has 0 unspecified atom stereocenters. The van der Waals surface area contributed by atoms with Crippen molar-refractivity contribution in [2.24, 2.45) is 4.99 Å². The Morgan fingerprint density at radius 3 is 2.61 bits per heavy atom. The summed E-state index contributed by atoms with van der Waals surface area (Å²) in [5.74, 6) is 0. The lowest BCUT2D eigenvalue weighted by atomic mass is 10.2. The molecule has 0 fully saturated rings. The maximum atomic E-state index is 10.8. The van der Waals surface area contributed by atoms with Crippen LogP contribution < -0.4 is 5.49 Å². The number of benzene rings is 1. The van der Waals surface area contributed by atoms with Gasteiger partial charge in [0.25, 0.3) is 5.69 Å². The number of pyridine rings is 1. The summed E-state index contributed by atoms with van der Waals surface area (Å²) < 4.78 is 0.773. The molecule has 0 atom stereocenters. The van der Waals surface area contributed by atoms with E-state index in [1.165, 1.54) is 12.3 Å². The van der Waals surface area contributed by atoms with E-state index in [9.17, 15) is 15.3 Å². The van der Waals surface area contributed by atoms with Gasteiger partial charge < -0.3 is 5.21 Å². The molecule has 6 heteroatoms. The normalized spacial score (nSPS) is 11.5. The van der Waals surface area contributed by atoms with E-state index in [-0.39, 0.29) is 11.2 Å². The predicted molar refractivity (Wildman–Crippen MR) is 64.7 cm³/mol. The van der Waals surface area contributed by atoms with Crippen LogP contribution >= 0.6 is 0 Å². The predicted octanol–water partition coefficient (Wildman–Crippen LogP) is 2.17. The second-order valence-corrected chi connectivity index (χ2v) is 3.75.